The number of aryl methyl sites for hydroxylation is 1. The molecule has 0 saturated carbocycles. The van der Waals surface area contributed by atoms with Gasteiger partial charge in [0.15, 0.2) is 0 Å². The van der Waals surface area contributed by atoms with Crippen LogP contribution in [0.2, 0.25) is 0 Å². The van der Waals surface area contributed by atoms with Crippen LogP contribution in [0.3, 0.4) is 0 Å². The highest BCUT2D eigenvalue weighted by molar-refractivity contribution is 7.89. The summed E-state index contributed by atoms with van der Waals surface area (Å²) in [5.74, 6) is 0.331. The van der Waals surface area contributed by atoms with E-state index in [1.807, 2.05) is 31.2 Å². The number of nitrogens with one attached hydrogen (secondary N) is 2. The number of hydrogen-bond donors (Lipinski definition) is 2. The van der Waals surface area contributed by atoms with Crippen LogP contribution < -0.4 is 14.8 Å². The molecule has 6 nitrogen and oxygen atoms in total. The van der Waals surface area contributed by atoms with Gasteiger partial charge in [-0.05, 0) is 57.1 Å². The van der Waals surface area contributed by atoms with Crippen molar-refractivity contribution >= 4 is 15.9 Å². The van der Waals surface area contributed by atoms with Gasteiger partial charge in [0, 0.05) is 11.1 Å². The second-order valence-electron chi connectivity index (χ2n) is 6.06. The van der Waals surface area contributed by atoms with Crippen LogP contribution in [0.25, 0.3) is 0 Å². The molecule has 0 spiro atoms. The summed E-state index contributed by atoms with van der Waals surface area (Å²) in [4.78, 5) is 12.8. The Balaban J connectivity index is 2.36. The number of ether oxygens (including phenoxy) is 1. The zero-order valence-electron chi connectivity index (χ0n) is 15.6. The second-order valence-corrected chi connectivity index (χ2v) is 7.92. The first-order valence-corrected chi connectivity index (χ1v) is 9.68. The Morgan fingerprint density at radius 1 is 1.15 bits per heavy atom. The molecule has 0 fully saturated rings. The predicted octanol–water partition coefficient (Wildman–Crippen LogP) is 2.71. The Bertz CT molecular complexity index is 923. The maximum atomic E-state index is 12.7. The van der Waals surface area contributed by atoms with Gasteiger partial charge in [-0.1, -0.05) is 18.2 Å². The normalized spacial score (nSPS) is 12.5. The second kappa shape index (κ2) is 7.88. The van der Waals surface area contributed by atoms with E-state index in [0.29, 0.717) is 16.9 Å². The molecule has 0 aromatic heterocycles. The number of carbonyl (C=O) groups excluding carboxylic acids is 1. The number of sulfonamides is 1. The van der Waals surface area contributed by atoms with Gasteiger partial charge in [-0.2, -0.15) is 0 Å². The van der Waals surface area contributed by atoms with Crippen molar-refractivity contribution in [3.8, 4) is 5.75 Å². The van der Waals surface area contributed by atoms with E-state index < -0.39 is 10.0 Å². The largest absolute Gasteiger partial charge is 0.496 e. The molecule has 0 aliphatic rings. The average molecular weight is 376 g/mol. The van der Waals surface area contributed by atoms with E-state index >= 15 is 0 Å². The summed E-state index contributed by atoms with van der Waals surface area (Å²) in [6.45, 7) is 5.35. The van der Waals surface area contributed by atoms with E-state index in [4.69, 9.17) is 4.74 Å². The van der Waals surface area contributed by atoms with Gasteiger partial charge in [0.25, 0.3) is 5.91 Å². The highest BCUT2D eigenvalue weighted by atomic mass is 32.2. The van der Waals surface area contributed by atoms with Crippen molar-refractivity contribution in [1.29, 1.82) is 0 Å². The molecule has 2 aromatic rings. The Morgan fingerprint density at radius 2 is 1.81 bits per heavy atom. The number of para-hydroxylation sites is 1. The number of benzene rings is 2. The summed E-state index contributed by atoms with van der Waals surface area (Å²) >= 11 is 0. The lowest BCUT2D eigenvalue weighted by atomic mass is 10.0. The summed E-state index contributed by atoms with van der Waals surface area (Å²) in [7, 11) is -0.726. The summed E-state index contributed by atoms with van der Waals surface area (Å²) in [6.07, 6.45) is 0. The van der Waals surface area contributed by atoms with Crippen LogP contribution in [-0.2, 0) is 10.0 Å². The van der Waals surface area contributed by atoms with Crippen molar-refractivity contribution in [2.45, 2.75) is 31.7 Å². The Morgan fingerprint density at radius 3 is 2.42 bits per heavy atom. The molecule has 0 aliphatic carbocycles. The van der Waals surface area contributed by atoms with Crippen molar-refractivity contribution in [2.75, 3.05) is 14.2 Å². The van der Waals surface area contributed by atoms with Crippen LogP contribution in [0.1, 0.15) is 40.0 Å². The molecular formula is C19H24N2O4S. The highest BCUT2D eigenvalue weighted by Crippen LogP contribution is 2.25. The molecule has 0 aliphatic heterocycles. The van der Waals surface area contributed by atoms with Crippen molar-refractivity contribution in [1.82, 2.24) is 10.0 Å². The van der Waals surface area contributed by atoms with Crippen molar-refractivity contribution in [3.63, 3.8) is 0 Å². The molecule has 0 bridgehead atoms. The topological polar surface area (TPSA) is 84.5 Å². The molecule has 0 saturated heterocycles. The molecule has 2 rings (SSSR count). The van der Waals surface area contributed by atoms with Gasteiger partial charge >= 0.3 is 0 Å². The third-order valence-corrected chi connectivity index (χ3v) is 5.93. The van der Waals surface area contributed by atoms with E-state index in [2.05, 4.69) is 10.0 Å². The summed E-state index contributed by atoms with van der Waals surface area (Å²) in [5, 5.41) is 2.90. The molecule has 1 unspecified atom stereocenters. The number of amides is 1. The van der Waals surface area contributed by atoms with E-state index in [-0.39, 0.29) is 16.8 Å². The standard InChI is InChI=1S/C19H24N2O4S/c1-12-10-15(11-18(13(12)2)26(23,24)20-4)19(22)21-14(3)16-8-6-7-9-17(16)25-5/h6-11,14,20H,1-5H3,(H,21,22). The van der Waals surface area contributed by atoms with Crippen LogP contribution in [0.5, 0.6) is 5.75 Å². The molecule has 26 heavy (non-hydrogen) atoms. The molecule has 140 valence electrons. The SMILES string of the molecule is CNS(=O)(=O)c1cc(C(=O)NC(C)c2ccccc2OC)cc(C)c1C. The monoisotopic (exact) mass is 376 g/mol. The van der Waals surface area contributed by atoms with Gasteiger partial charge in [-0.15, -0.1) is 0 Å². The van der Waals surface area contributed by atoms with Crippen LogP contribution >= 0.6 is 0 Å². The molecule has 0 radical (unpaired) electrons. The smallest absolute Gasteiger partial charge is 0.251 e. The summed E-state index contributed by atoms with van der Waals surface area (Å²) < 4.78 is 32.1. The number of rotatable bonds is 6. The van der Waals surface area contributed by atoms with Gasteiger partial charge in [-0.3, -0.25) is 4.79 Å². The highest BCUT2D eigenvalue weighted by Gasteiger charge is 2.21. The summed E-state index contributed by atoms with van der Waals surface area (Å²) in [5.41, 5.74) is 2.49. The van der Waals surface area contributed by atoms with Gasteiger partial charge in [-0.25, -0.2) is 13.1 Å². The first-order valence-electron chi connectivity index (χ1n) is 8.19. The van der Waals surface area contributed by atoms with Crippen LogP contribution in [0, 0.1) is 13.8 Å². The van der Waals surface area contributed by atoms with Crippen LogP contribution in [0.15, 0.2) is 41.3 Å². The minimum atomic E-state index is -3.65. The van der Waals surface area contributed by atoms with Crippen molar-refractivity contribution < 1.29 is 17.9 Å². The fourth-order valence-corrected chi connectivity index (χ4v) is 3.80. The minimum absolute atomic E-state index is 0.107. The maximum absolute atomic E-state index is 12.7. The van der Waals surface area contributed by atoms with E-state index in [9.17, 15) is 13.2 Å². The Hall–Kier alpha value is -2.38. The molecule has 1 atom stereocenters. The molecule has 7 heteroatoms. The molecule has 2 aromatic carbocycles. The van der Waals surface area contributed by atoms with Crippen LogP contribution in [0.4, 0.5) is 0 Å². The molecule has 2 N–H and O–H groups in total. The lowest BCUT2D eigenvalue weighted by Crippen LogP contribution is -2.28. The number of methoxy groups -OCH3 is 1. The summed E-state index contributed by atoms with van der Waals surface area (Å²) in [6, 6.07) is 10.2. The first kappa shape index (κ1) is 19.9. The third-order valence-electron chi connectivity index (χ3n) is 4.39. The Kier molecular flexibility index (Phi) is 6.05. The molecule has 1 amide bonds. The van der Waals surface area contributed by atoms with Gasteiger partial charge in [0.05, 0.1) is 18.0 Å². The maximum Gasteiger partial charge on any atom is 0.251 e. The fourth-order valence-electron chi connectivity index (χ4n) is 2.73. The lowest BCUT2D eigenvalue weighted by Gasteiger charge is -2.18. The predicted molar refractivity (Wildman–Crippen MR) is 101 cm³/mol. The molecule has 0 heterocycles. The van der Waals surface area contributed by atoms with E-state index in [1.54, 1.807) is 27.0 Å². The minimum Gasteiger partial charge on any atom is -0.496 e. The van der Waals surface area contributed by atoms with E-state index in [0.717, 1.165) is 11.1 Å². The fraction of sp³-hybridized carbons (Fsp3) is 0.316. The van der Waals surface area contributed by atoms with Gasteiger partial charge in [0.1, 0.15) is 5.75 Å². The lowest BCUT2D eigenvalue weighted by molar-refractivity contribution is 0.0939. The zero-order chi connectivity index (χ0) is 19.5. The molecular weight excluding hydrogens is 352 g/mol. The number of carbonyl (C=O) groups is 1. The van der Waals surface area contributed by atoms with Gasteiger partial charge in [0.2, 0.25) is 10.0 Å². The first-order chi connectivity index (χ1) is 12.2. The third kappa shape index (κ3) is 4.05. The zero-order valence-corrected chi connectivity index (χ0v) is 16.4. The van der Waals surface area contributed by atoms with Crippen molar-refractivity contribution in [2.24, 2.45) is 0 Å². The average Bonchev–Trinajstić information content (AvgIpc) is 2.63. The van der Waals surface area contributed by atoms with E-state index in [1.165, 1.54) is 13.1 Å². The number of hydrogen-bond acceptors (Lipinski definition) is 4. The van der Waals surface area contributed by atoms with Crippen LogP contribution in [-0.4, -0.2) is 28.5 Å². The van der Waals surface area contributed by atoms with Crippen molar-refractivity contribution in [3.05, 3.63) is 58.7 Å². The Labute approximate surface area is 154 Å². The quantitative estimate of drug-likeness (QED) is 0.812. The van der Waals surface area contributed by atoms with Gasteiger partial charge < -0.3 is 10.1 Å².